The van der Waals surface area contributed by atoms with Crippen LogP contribution in [-0.2, 0) is 6.18 Å². The lowest BCUT2D eigenvalue weighted by molar-refractivity contribution is -0.138. The van der Waals surface area contributed by atoms with Crippen molar-refractivity contribution in [2.24, 2.45) is 0 Å². The summed E-state index contributed by atoms with van der Waals surface area (Å²) in [6.07, 6.45) is -3.94. The van der Waals surface area contributed by atoms with Crippen molar-refractivity contribution in [2.45, 2.75) is 38.9 Å². The zero-order valence-electron chi connectivity index (χ0n) is 10.9. The first-order valence-electron chi connectivity index (χ1n) is 5.76. The van der Waals surface area contributed by atoms with Crippen LogP contribution in [0.2, 0.25) is 0 Å². The predicted octanol–water partition coefficient (Wildman–Crippen LogP) is 4.39. The van der Waals surface area contributed by atoms with Gasteiger partial charge in [0.1, 0.15) is 0 Å². The van der Waals surface area contributed by atoms with E-state index in [-0.39, 0.29) is 10.0 Å². The van der Waals surface area contributed by atoms with Gasteiger partial charge in [0.25, 0.3) is 5.91 Å². The van der Waals surface area contributed by atoms with Gasteiger partial charge in [-0.15, -0.1) is 0 Å². The summed E-state index contributed by atoms with van der Waals surface area (Å²) in [4.78, 5) is 12.0. The average molecular weight is 338 g/mol. The fraction of sp³-hybridized carbons (Fsp3) is 0.462. The summed E-state index contributed by atoms with van der Waals surface area (Å²) in [6, 6.07) is 3.50. The second-order valence-electron chi connectivity index (χ2n) is 4.88. The van der Waals surface area contributed by atoms with Crippen LogP contribution in [0.3, 0.4) is 0 Å². The smallest absolute Gasteiger partial charge is 0.347 e. The van der Waals surface area contributed by atoms with E-state index >= 15 is 0 Å². The SMILES string of the molecule is CCC(C)(C)NC(=O)c1ccc(Br)cc1C(F)(F)F. The molecule has 0 heterocycles. The molecule has 0 unspecified atom stereocenters. The Kier molecular flexibility index (Phi) is 4.66. The second-order valence-corrected chi connectivity index (χ2v) is 5.79. The van der Waals surface area contributed by atoms with Gasteiger partial charge in [-0.2, -0.15) is 13.2 Å². The Morgan fingerprint density at radius 1 is 1.32 bits per heavy atom. The number of nitrogens with one attached hydrogen (secondary N) is 1. The van der Waals surface area contributed by atoms with E-state index in [1.807, 2.05) is 6.92 Å². The summed E-state index contributed by atoms with van der Waals surface area (Å²) in [6.45, 7) is 5.38. The van der Waals surface area contributed by atoms with Crippen LogP contribution < -0.4 is 5.32 Å². The van der Waals surface area contributed by atoms with E-state index in [4.69, 9.17) is 0 Å². The average Bonchev–Trinajstić information content (AvgIpc) is 2.27. The molecule has 106 valence electrons. The molecule has 0 aliphatic heterocycles. The number of benzene rings is 1. The number of hydrogen-bond acceptors (Lipinski definition) is 1. The molecule has 1 aromatic carbocycles. The largest absolute Gasteiger partial charge is 0.417 e. The van der Waals surface area contributed by atoms with Gasteiger partial charge in [-0.25, -0.2) is 0 Å². The topological polar surface area (TPSA) is 29.1 Å². The highest BCUT2D eigenvalue weighted by Gasteiger charge is 2.36. The molecule has 0 spiro atoms. The molecule has 1 N–H and O–H groups in total. The van der Waals surface area contributed by atoms with E-state index in [9.17, 15) is 18.0 Å². The zero-order chi connectivity index (χ0) is 14.8. The summed E-state index contributed by atoms with van der Waals surface area (Å²) >= 11 is 2.98. The van der Waals surface area contributed by atoms with Crippen LogP contribution in [0.4, 0.5) is 13.2 Å². The first-order chi connectivity index (χ1) is 8.57. The maximum absolute atomic E-state index is 12.9. The molecule has 19 heavy (non-hydrogen) atoms. The first-order valence-corrected chi connectivity index (χ1v) is 6.55. The van der Waals surface area contributed by atoms with Gasteiger partial charge in [0, 0.05) is 10.0 Å². The molecule has 0 saturated carbocycles. The van der Waals surface area contributed by atoms with Crippen molar-refractivity contribution in [3.05, 3.63) is 33.8 Å². The minimum Gasteiger partial charge on any atom is -0.347 e. The molecule has 1 amide bonds. The number of amides is 1. The van der Waals surface area contributed by atoms with Crippen molar-refractivity contribution in [1.29, 1.82) is 0 Å². The molecule has 0 aliphatic carbocycles. The Hall–Kier alpha value is -1.04. The zero-order valence-corrected chi connectivity index (χ0v) is 12.4. The lowest BCUT2D eigenvalue weighted by atomic mass is 10.00. The van der Waals surface area contributed by atoms with E-state index in [1.54, 1.807) is 13.8 Å². The molecule has 6 heteroatoms. The molecule has 2 nitrogen and oxygen atoms in total. The molecule has 0 aliphatic rings. The highest BCUT2D eigenvalue weighted by molar-refractivity contribution is 9.10. The summed E-state index contributed by atoms with van der Waals surface area (Å²) in [7, 11) is 0. The Bertz CT molecular complexity index is 483. The van der Waals surface area contributed by atoms with Crippen molar-refractivity contribution < 1.29 is 18.0 Å². The maximum Gasteiger partial charge on any atom is 0.417 e. The molecular weight excluding hydrogens is 323 g/mol. The van der Waals surface area contributed by atoms with Crippen LogP contribution in [0.25, 0.3) is 0 Å². The lowest BCUT2D eigenvalue weighted by Gasteiger charge is -2.25. The first kappa shape index (κ1) is 16.0. The van der Waals surface area contributed by atoms with Crippen molar-refractivity contribution in [3.63, 3.8) is 0 Å². The number of rotatable bonds is 3. The molecule has 0 atom stereocenters. The second kappa shape index (κ2) is 5.53. The summed E-state index contributed by atoms with van der Waals surface area (Å²) < 4.78 is 39.0. The van der Waals surface area contributed by atoms with Crippen LogP contribution >= 0.6 is 15.9 Å². The Morgan fingerprint density at radius 3 is 2.37 bits per heavy atom. The van der Waals surface area contributed by atoms with Crippen LogP contribution in [0.15, 0.2) is 22.7 Å². The Morgan fingerprint density at radius 2 is 1.89 bits per heavy atom. The van der Waals surface area contributed by atoms with E-state index in [0.29, 0.717) is 6.42 Å². The predicted molar refractivity (Wildman–Crippen MR) is 71.0 cm³/mol. The fourth-order valence-electron chi connectivity index (χ4n) is 1.41. The minimum absolute atomic E-state index is 0.283. The number of carbonyl (C=O) groups excluding carboxylic acids is 1. The third-order valence-electron chi connectivity index (χ3n) is 2.87. The van der Waals surface area contributed by atoms with E-state index in [1.165, 1.54) is 12.1 Å². The molecule has 1 aromatic rings. The molecule has 0 aromatic heterocycles. The third kappa shape index (κ3) is 4.23. The van der Waals surface area contributed by atoms with E-state index < -0.39 is 23.2 Å². The van der Waals surface area contributed by atoms with E-state index in [0.717, 1.165) is 6.07 Å². The molecular formula is C13H15BrF3NO. The normalized spacial score (nSPS) is 12.4. The Labute approximate surface area is 118 Å². The van der Waals surface area contributed by atoms with Gasteiger partial charge < -0.3 is 5.32 Å². The van der Waals surface area contributed by atoms with Crippen LogP contribution in [-0.4, -0.2) is 11.4 Å². The van der Waals surface area contributed by atoms with Crippen LogP contribution in [0.1, 0.15) is 43.1 Å². The number of halogens is 4. The van der Waals surface area contributed by atoms with Crippen LogP contribution in [0, 0.1) is 0 Å². The van der Waals surface area contributed by atoms with Gasteiger partial charge in [-0.1, -0.05) is 22.9 Å². The lowest BCUT2D eigenvalue weighted by Crippen LogP contribution is -2.43. The molecule has 0 fully saturated rings. The number of alkyl halides is 3. The minimum atomic E-state index is -4.56. The van der Waals surface area contributed by atoms with Crippen molar-refractivity contribution >= 4 is 21.8 Å². The summed E-state index contributed by atoms with van der Waals surface area (Å²) in [5.74, 6) is -0.716. The highest BCUT2D eigenvalue weighted by atomic mass is 79.9. The highest BCUT2D eigenvalue weighted by Crippen LogP contribution is 2.34. The van der Waals surface area contributed by atoms with Crippen LogP contribution in [0.5, 0.6) is 0 Å². The standard InChI is InChI=1S/C13H15BrF3NO/c1-4-12(2,3)18-11(19)9-6-5-8(14)7-10(9)13(15,16)17/h5-7H,4H2,1-3H3,(H,18,19). The third-order valence-corrected chi connectivity index (χ3v) is 3.36. The monoisotopic (exact) mass is 337 g/mol. The number of carbonyl (C=O) groups is 1. The summed E-state index contributed by atoms with van der Waals surface area (Å²) in [5, 5.41) is 2.60. The van der Waals surface area contributed by atoms with Gasteiger partial charge >= 0.3 is 6.18 Å². The molecule has 1 rings (SSSR count). The quantitative estimate of drug-likeness (QED) is 0.870. The fourth-order valence-corrected chi connectivity index (χ4v) is 1.77. The van der Waals surface area contributed by atoms with Gasteiger partial charge in [-0.05, 0) is 38.5 Å². The van der Waals surface area contributed by atoms with Crippen molar-refractivity contribution in [3.8, 4) is 0 Å². The van der Waals surface area contributed by atoms with Crippen molar-refractivity contribution in [2.75, 3.05) is 0 Å². The summed E-state index contributed by atoms with van der Waals surface area (Å²) in [5.41, 5.74) is -1.85. The van der Waals surface area contributed by atoms with Crippen molar-refractivity contribution in [1.82, 2.24) is 5.32 Å². The molecule has 0 bridgehead atoms. The van der Waals surface area contributed by atoms with Gasteiger partial charge in [0.05, 0.1) is 11.1 Å². The molecule has 0 radical (unpaired) electrons. The van der Waals surface area contributed by atoms with Gasteiger partial charge in [0.2, 0.25) is 0 Å². The van der Waals surface area contributed by atoms with E-state index in [2.05, 4.69) is 21.2 Å². The molecule has 0 saturated heterocycles. The Balaban J connectivity index is 3.17. The van der Waals surface area contributed by atoms with Gasteiger partial charge in [0.15, 0.2) is 0 Å². The number of hydrogen-bond donors (Lipinski definition) is 1. The maximum atomic E-state index is 12.9. The van der Waals surface area contributed by atoms with Gasteiger partial charge in [-0.3, -0.25) is 4.79 Å².